The van der Waals surface area contributed by atoms with E-state index >= 15 is 0 Å². The van der Waals surface area contributed by atoms with Crippen LogP contribution in [0.5, 0.6) is 0 Å². The molecular weight excluding hydrogens is 262 g/mol. The van der Waals surface area contributed by atoms with Crippen molar-refractivity contribution in [3.05, 3.63) is 35.4 Å². The summed E-state index contributed by atoms with van der Waals surface area (Å²) < 4.78 is 0. The van der Waals surface area contributed by atoms with Gasteiger partial charge in [-0.3, -0.25) is 4.79 Å². The number of benzene rings is 1. The molecule has 0 aromatic heterocycles. The first-order valence-electron chi connectivity index (χ1n) is 6.75. The molecule has 0 aliphatic heterocycles. The van der Waals surface area contributed by atoms with Crippen molar-refractivity contribution in [1.82, 2.24) is 4.90 Å². The van der Waals surface area contributed by atoms with Gasteiger partial charge in [0.15, 0.2) is 0 Å². The van der Waals surface area contributed by atoms with Crippen LogP contribution in [0.15, 0.2) is 24.3 Å². The minimum atomic E-state index is -0.266. The van der Waals surface area contributed by atoms with E-state index in [1.165, 1.54) is 5.56 Å². The molecule has 1 N–H and O–H groups in total. The van der Waals surface area contributed by atoms with E-state index in [1.54, 1.807) is 4.90 Å². The summed E-state index contributed by atoms with van der Waals surface area (Å²) in [6, 6.07) is 8.43. The molecule has 0 radical (unpaired) electrons. The Labute approximate surface area is 119 Å². The average molecular weight is 282 g/mol. The number of amides is 1. The van der Waals surface area contributed by atoms with Crippen LogP contribution in [0.3, 0.4) is 0 Å². The van der Waals surface area contributed by atoms with Gasteiger partial charge in [0.1, 0.15) is 5.88 Å². The highest BCUT2D eigenvalue weighted by Crippen LogP contribution is 2.27. The van der Waals surface area contributed by atoms with Crippen molar-refractivity contribution in [2.45, 2.75) is 44.9 Å². The van der Waals surface area contributed by atoms with Gasteiger partial charge in [-0.15, -0.1) is 11.6 Å². The first-order chi connectivity index (χ1) is 9.13. The number of aryl methyl sites for hydroxylation is 1. The van der Waals surface area contributed by atoms with Crippen molar-refractivity contribution in [2.24, 2.45) is 0 Å². The molecule has 104 valence electrons. The van der Waals surface area contributed by atoms with Crippen LogP contribution < -0.4 is 0 Å². The lowest BCUT2D eigenvalue weighted by molar-refractivity contribution is -0.136. The maximum Gasteiger partial charge on any atom is 0.238 e. The topological polar surface area (TPSA) is 40.5 Å². The number of rotatable bonds is 5. The lowest BCUT2D eigenvalue weighted by Gasteiger charge is -2.40. The summed E-state index contributed by atoms with van der Waals surface area (Å²) in [4.78, 5) is 13.7. The number of carbonyl (C=O) groups excluding carboxylic acids is 1. The number of aliphatic hydroxyl groups is 1. The fourth-order valence-electron chi connectivity index (χ4n) is 2.39. The zero-order valence-electron chi connectivity index (χ0n) is 11.2. The number of alkyl halides is 1. The van der Waals surface area contributed by atoms with E-state index in [2.05, 4.69) is 31.2 Å². The third-order valence-electron chi connectivity index (χ3n) is 3.75. The monoisotopic (exact) mass is 281 g/mol. The maximum absolute atomic E-state index is 11.9. The Balaban J connectivity index is 2.04. The summed E-state index contributed by atoms with van der Waals surface area (Å²) in [7, 11) is 0. The molecule has 0 atom stereocenters. The summed E-state index contributed by atoms with van der Waals surface area (Å²) in [5.41, 5.74) is 2.40. The molecule has 0 spiro atoms. The number of hydrogen-bond donors (Lipinski definition) is 1. The van der Waals surface area contributed by atoms with Crippen molar-refractivity contribution in [1.29, 1.82) is 0 Å². The molecule has 1 amide bonds. The Morgan fingerprint density at radius 1 is 1.32 bits per heavy atom. The highest BCUT2D eigenvalue weighted by molar-refractivity contribution is 6.27. The second-order valence-corrected chi connectivity index (χ2v) is 5.37. The first kappa shape index (κ1) is 14.4. The fraction of sp³-hybridized carbons (Fsp3) is 0.533. The Bertz CT molecular complexity index is 426. The molecule has 1 fully saturated rings. The first-order valence-corrected chi connectivity index (χ1v) is 7.28. The molecule has 1 aliphatic carbocycles. The summed E-state index contributed by atoms with van der Waals surface area (Å²) in [6.45, 7) is 2.70. The van der Waals surface area contributed by atoms with Crippen molar-refractivity contribution in [2.75, 3.05) is 5.88 Å². The Kier molecular flexibility index (Phi) is 4.83. The van der Waals surface area contributed by atoms with E-state index in [4.69, 9.17) is 11.6 Å². The van der Waals surface area contributed by atoms with Crippen LogP contribution in [0.4, 0.5) is 0 Å². The van der Waals surface area contributed by atoms with Gasteiger partial charge in [-0.2, -0.15) is 0 Å². The minimum absolute atomic E-state index is 0.000358. The third-order valence-corrected chi connectivity index (χ3v) is 3.98. The van der Waals surface area contributed by atoms with Gasteiger partial charge in [0.05, 0.1) is 6.10 Å². The van der Waals surface area contributed by atoms with Crippen molar-refractivity contribution < 1.29 is 9.90 Å². The van der Waals surface area contributed by atoms with Gasteiger partial charge >= 0.3 is 0 Å². The number of aliphatic hydroxyl groups excluding tert-OH is 1. The molecule has 4 heteroatoms. The van der Waals surface area contributed by atoms with Gasteiger partial charge in [0.25, 0.3) is 0 Å². The lowest BCUT2D eigenvalue weighted by atomic mass is 9.87. The van der Waals surface area contributed by atoms with Gasteiger partial charge in [0, 0.05) is 12.6 Å². The van der Waals surface area contributed by atoms with E-state index in [1.807, 2.05) is 0 Å². The van der Waals surface area contributed by atoms with Gasteiger partial charge in [-0.1, -0.05) is 31.2 Å². The van der Waals surface area contributed by atoms with Gasteiger partial charge in [-0.05, 0) is 30.4 Å². The quantitative estimate of drug-likeness (QED) is 0.842. The fourth-order valence-corrected chi connectivity index (χ4v) is 2.54. The lowest BCUT2D eigenvalue weighted by Crippen LogP contribution is -2.49. The molecule has 0 heterocycles. The van der Waals surface area contributed by atoms with Crippen molar-refractivity contribution in [3.8, 4) is 0 Å². The summed E-state index contributed by atoms with van der Waals surface area (Å²) in [6.07, 6.45) is 2.07. The highest BCUT2D eigenvalue weighted by Gasteiger charge is 2.34. The normalized spacial score (nSPS) is 21.8. The molecule has 2 rings (SSSR count). The molecule has 1 aliphatic rings. The molecule has 0 unspecified atom stereocenters. The Morgan fingerprint density at radius 3 is 2.37 bits per heavy atom. The van der Waals surface area contributed by atoms with Crippen molar-refractivity contribution >= 4 is 17.5 Å². The average Bonchev–Trinajstić information content (AvgIpc) is 2.41. The molecule has 1 saturated carbocycles. The van der Waals surface area contributed by atoms with Crippen LogP contribution in [0.1, 0.15) is 30.9 Å². The summed E-state index contributed by atoms with van der Waals surface area (Å²) in [5.74, 6) is -0.0576. The van der Waals surface area contributed by atoms with Crippen molar-refractivity contribution in [3.63, 3.8) is 0 Å². The molecule has 0 saturated heterocycles. The van der Waals surface area contributed by atoms with Crippen LogP contribution in [-0.2, 0) is 17.8 Å². The number of hydrogen-bond acceptors (Lipinski definition) is 2. The van der Waals surface area contributed by atoms with Crippen LogP contribution in [0.2, 0.25) is 0 Å². The molecule has 0 bridgehead atoms. The molecule has 1 aromatic rings. The third kappa shape index (κ3) is 3.48. The largest absolute Gasteiger partial charge is 0.393 e. The Hall–Kier alpha value is -1.06. The minimum Gasteiger partial charge on any atom is -0.393 e. The number of carbonyl (C=O) groups is 1. The van der Waals surface area contributed by atoms with E-state index in [9.17, 15) is 9.90 Å². The predicted molar refractivity (Wildman–Crippen MR) is 76.1 cm³/mol. The summed E-state index contributed by atoms with van der Waals surface area (Å²) in [5, 5.41) is 9.39. The van der Waals surface area contributed by atoms with Crippen LogP contribution >= 0.6 is 11.6 Å². The standard InChI is InChI=1S/C15H20ClNO2/c1-2-11-3-5-12(6-4-11)10-17(15(19)9-16)13-7-14(18)8-13/h3-6,13-14,18H,2,7-10H2,1H3. The predicted octanol–water partition coefficient (Wildman–Crippen LogP) is 2.34. The molecule has 19 heavy (non-hydrogen) atoms. The van der Waals surface area contributed by atoms with Gasteiger partial charge in [0.2, 0.25) is 5.91 Å². The zero-order chi connectivity index (χ0) is 13.8. The van der Waals surface area contributed by atoms with E-state index < -0.39 is 0 Å². The maximum atomic E-state index is 11.9. The number of nitrogens with zero attached hydrogens (tertiary/aromatic N) is 1. The van der Waals surface area contributed by atoms with Gasteiger partial charge < -0.3 is 10.0 Å². The zero-order valence-corrected chi connectivity index (χ0v) is 11.9. The van der Waals surface area contributed by atoms with Gasteiger partial charge in [-0.25, -0.2) is 0 Å². The van der Waals surface area contributed by atoms with E-state index in [0.717, 1.165) is 12.0 Å². The van der Waals surface area contributed by atoms with E-state index in [-0.39, 0.29) is 23.9 Å². The van der Waals surface area contributed by atoms with E-state index in [0.29, 0.717) is 19.4 Å². The second-order valence-electron chi connectivity index (χ2n) is 5.10. The second kappa shape index (κ2) is 6.40. The van der Waals surface area contributed by atoms with Crippen LogP contribution in [0, 0.1) is 0 Å². The van der Waals surface area contributed by atoms with Crippen LogP contribution in [-0.4, -0.2) is 33.9 Å². The number of halogens is 1. The Morgan fingerprint density at radius 2 is 1.89 bits per heavy atom. The molecular formula is C15H20ClNO2. The SMILES string of the molecule is CCc1ccc(CN(C(=O)CCl)C2CC(O)C2)cc1. The molecule has 3 nitrogen and oxygen atoms in total. The highest BCUT2D eigenvalue weighted by atomic mass is 35.5. The van der Waals surface area contributed by atoms with Crippen LogP contribution in [0.25, 0.3) is 0 Å². The smallest absolute Gasteiger partial charge is 0.238 e. The molecule has 1 aromatic carbocycles. The summed E-state index contributed by atoms with van der Waals surface area (Å²) >= 11 is 5.67.